The molecule has 3 rings (SSSR count). The molecule has 0 bridgehead atoms. The molecule has 0 aromatic heterocycles. The van der Waals surface area contributed by atoms with E-state index in [1.807, 2.05) is 36.4 Å². The third kappa shape index (κ3) is 3.13. The first-order chi connectivity index (χ1) is 13.0. The number of hydrogen-bond acceptors (Lipinski definition) is 6. The first-order valence-corrected chi connectivity index (χ1v) is 9.25. The minimum absolute atomic E-state index is 0.135. The molecular formula is C21H24O6. The predicted octanol–water partition coefficient (Wildman–Crippen LogP) is 2.98. The van der Waals surface area contributed by atoms with Gasteiger partial charge in [0.05, 0.1) is 19.1 Å². The van der Waals surface area contributed by atoms with Crippen molar-refractivity contribution in [2.24, 2.45) is 17.3 Å². The van der Waals surface area contributed by atoms with Crippen LogP contribution in [0.4, 0.5) is 0 Å². The number of rotatable bonds is 5. The largest absolute Gasteiger partial charge is 0.465 e. The van der Waals surface area contributed by atoms with Crippen LogP contribution in [0, 0.1) is 17.3 Å². The molecule has 1 heterocycles. The molecule has 1 aliphatic heterocycles. The molecule has 0 unspecified atom stereocenters. The summed E-state index contributed by atoms with van der Waals surface area (Å²) in [5.41, 5.74) is -0.862. The Labute approximate surface area is 158 Å². The summed E-state index contributed by atoms with van der Waals surface area (Å²) in [5, 5.41) is 0. The molecule has 1 fully saturated rings. The van der Waals surface area contributed by atoms with Gasteiger partial charge in [0.25, 0.3) is 0 Å². The Hall–Kier alpha value is -2.63. The van der Waals surface area contributed by atoms with Gasteiger partial charge in [0.1, 0.15) is 5.76 Å². The molecule has 0 N–H and O–H groups in total. The van der Waals surface area contributed by atoms with Crippen LogP contribution in [-0.2, 0) is 28.6 Å². The Morgan fingerprint density at radius 1 is 1.11 bits per heavy atom. The third-order valence-electron chi connectivity index (χ3n) is 5.33. The minimum Gasteiger partial charge on any atom is -0.465 e. The summed E-state index contributed by atoms with van der Waals surface area (Å²) in [4.78, 5) is 39.0. The fourth-order valence-corrected chi connectivity index (χ4v) is 4.39. The molecule has 1 aromatic carbocycles. The third-order valence-corrected chi connectivity index (χ3v) is 5.33. The van der Waals surface area contributed by atoms with Gasteiger partial charge in [-0.15, -0.1) is 0 Å². The number of cyclic esters (lactones) is 1. The van der Waals surface area contributed by atoms with E-state index in [-0.39, 0.29) is 25.6 Å². The number of esters is 3. The number of ether oxygens (including phenoxy) is 3. The highest BCUT2D eigenvalue weighted by Crippen LogP contribution is 2.59. The summed E-state index contributed by atoms with van der Waals surface area (Å²) in [6, 6.07) is 9.12. The Morgan fingerprint density at radius 3 is 2.26 bits per heavy atom. The lowest BCUT2D eigenvalue weighted by molar-refractivity contribution is -0.173. The smallest absolute Gasteiger partial charge is 0.324 e. The van der Waals surface area contributed by atoms with Crippen LogP contribution in [-0.4, -0.2) is 31.1 Å². The second-order valence-electron chi connectivity index (χ2n) is 6.89. The molecule has 1 aromatic rings. The summed E-state index contributed by atoms with van der Waals surface area (Å²) in [5.74, 6) is -2.90. The topological polar surface area (TPSA) is 78.9 Å². The van der Waals surface area contributed by atoms with Gasteiger partial charge >= 0.3 is 17.9 Å². The molecule has 0 radical (unpaired) electrons. The van der Waals surface area contributed by atoms with E-state index in [4.69, 9.17) is 14.2 Å². The number of fused-ring (bicyclic) bond motifs is 1. The van der Waals surface area contributed by atoms with Crippen molar-refractivity contribution in [3.05, 3.63) is 47.7 Å². The van der Waals surface area contributed by atoms with E-state index in [1.54, 1.807) is 20.8 Å². The summed E-state index contributed by atoms with van der Waals surface area (Å²) in [6.07, 6.45) is 1.98. The van der Waals surface area contributed by atoms with Crippen LogP contribution < -0.4 is 0 Å². The molecule has 27 heavy (non-hydrogen) atoms. The van der Waals surface area contributed by atoms with Gasteiger partial charge in [0.2, 0.25) is 0 Å². The van der Waals surface area contributed by atoms with Crippen LogP contribution in [0.3, 0.4) is 0 Å². The number of benzene rings is 1. The van der Waals surface area contributed by atoms with Crippen LogP contribution in [0.15, 0.2) is 42.2 Å². The van der Waals surface area contributed by atoms with Crippen molar-refractivity contribution in [1.82, 2.24) is 0 Å². The lowest BCUT2D eigenvalue weighted by Crippen LogP contribution is -2.45. The van der Waals surface area contributed by atoms with Crippen molar-refractivity contribution >= 4 is 17.9 Å². The Kier molecular flexibility index (Phi) is 5.35. The molecule has 0 spiro atoms. The van der Waals surface area contributed by atoms with E-state index in [1.165, 1.54) is 0 Å². The average molecular weight is 372 g/mol. The fourth-order valence-electron chi connectivity index (χ4n) is 4.39. The monoisotopic (exact) mass is 372 g/mol. The molecule has 0 saturated heterocycles. The predicted molar refractivity (Wildman–Crippen MR) is 96.3 cm³/mol. The van der Waals surface area contributed by atoms with Gasteiger partial charge in [-0.1, -0.05) is 30.3 Å². The number of carbonyl (C=O) groups excluding carboxylic acids is 3. The molecule has 1 aliphatic carbocycles. The van der Waals surface area contributed by atoms with Gasteiger partial charge < -0.3 is 14.2 Å². The Balaban J connectivity index is 2.20. The quantitative estimate of drug-likeness (QED) is 0.449. The summed E-state index contributed by atoms with van der Waals surface area (Å²) in [6.45, 7) is 5.34. The van der Waals surface area contributed by atoms with Gasteiger partial charge in [0, 0.05) is 5.92 Å². The van der Waals surface area contributed by atoms with Crippen LogP contribution >= 0.6 is 0 Å². The van der Waals surface area contributed by atoms with E-state index < -0.39 is 35.2 Å². The van der Waals surface area contributed by atoms with Crippen molar-refractivity contribution in [2.75, 3.05) is 13.2 Å². The lowest BCUT2D eigenvalue weighted by atomic mass is 9.71. The van der Waals surface area contributed by atoms with Crippen LogP contribution in [0.1, 0.15) is 38.7 Å². The van der Waals surface area contributed by atoms with Crippen molar-refractivity contribution < 1.29 is 28.6 Å². The van der Waals surface area contributed by atoms with Gasteiger partial charge in [-0.25, -0.2) is 0 Å². The fraction of sp³-hybridized carbons (Fsp3) is 0.476. The van der Waals surface area contributed by atoms with Gasteiger partial charge in [0.15, 0.2) is 5.41 Å². The molecule has 3 atom stereocenters. The number of hydrogen-bond donors (Lipinski definition) is 0. The SMILES string of the molecule is CCOC(=O)C1(C(=O)OCC)C[C@@H]2C=C(C)OC(=O)[C@@H]2[C@H]1c1ccccc1. The first kappa shape index (κ1) is 19.1. The normalized spacial score (nSPS) is 25.8. The Bertz CT molecular complexity index is 748. The van der Waals surface area contributed by atoms with Crippen LogP contribution in [0.2, 0.25) is 0 Å². The molecule has 0 amide bonds. The summed E-state index contributed by atoms with van der Waals surface area (Å²) >= 11 is 0. The number of allylic oxidation sites excluding steroid dienone is 2. The summed E-state index contributed by atoms with van der Waals surface area (Å²) < 4.78 is 16.0. The summed E-state index contributed by atoms with van der Waals surface area (Å²) in [7, 11) is 0. The second kappa shape index (κ2) is 7.55. The highest BCUT2D eigenvalue weighted by atomic mass is 16.6. The maximum absolute atomic E-state index is 13.1. The van der Waals surface area contributed by atoms with Gasteiger partial charge in [-0.2, -0.15) is 0 Å². The van der Waals surface area contributed by atoms with Crippen LogP contribution in [0.5, 0.6) is 0 Å². The van der Waals surface area contributed by atoms with Crippen molar-refractivity contribution in [3.8, 4) is 0 Å². The van der Waals surface area contributed by atoms with E-state index in [2.05, 4.69) is 0 Å². The zero-order valence-electron chi connectivity index (χ0n) is 15.8. The molecule has 1 saturated carbocycles. The van der Waals surface area contributed by atoms with Crippen molar-refractivity contribution in [2.45, 2.75) is 33.1 Å². The van der Waals surface area contributed by atoms with E-state index in [0.29, 0.717) is 5.76 Å². The standard InChI is InChI=1S/C21H24O6/c1-4-25-19(23)21(20(24)26-5-2)12-15-11-13(3)27-18(22)16(15)17(21)14-9-7-6-8-10-14/h6-11,15-17H,4-5,12H2,1-3H3/t15-,16-,17+/m0/s1. The first-order valence-electron chi connectivity index (χ1n) is 9.25. The minimum atomic E-state index is -1.58. The zero-order chi connectivity index (χ0) is 19.6. The van der Waals surface area contributed by atoms with Gasteiger partial charge in [-0.3, -0.25) is 14.4 Å². The molecular weight excluding hydrogens is 348 g/mol. The lowest BCUT2D eigenvalue weighted by Gasteiger charge is -2.33. The molecule has 6 nitrogen and oxygen atoms in total. The zero-order valence-corrected chi connectivity index (χ0v) is 15.8. The molecule has 144 valence electrons. The molecule has 6 heteroatoms. The van der Waals surface area contributed by atoms with E-state index in [9.17, 15) is 14.4 Å². The number of carbonyl (C=O) groups is 3. The van der Waals surface area contributed by atoms with E-state index in [0.717, 1.165) is 5.56 Å². The van der Waals surface area contributed by atoms with E-state index >= 15 is 0 Å². The van der Waals surface area contributed by atoms with Crippen molar-refractivity contribution in [1.29, 1.82) is 0 Å². The van der Waals surface area contributed by atoms with Crippen molar-refractivity contribution in [3.63, 3.8) is 0 Å². The Morgan fingerprint density at radius 2 is 1.70 bits per heavy atom. The maximum atomic E-state index is 13.1. The second-order valence-corrected chi connectivity index (χ2v) is 6.89. The van der Waals surface area contributed by atoms with Gasteiger partial charge in [-0.05, 0) is 44.7 Å². The van der Waals surface area contributed by atoms with Crippen LogP contribution in [0.25, 0.3) is 0 Å². The molecule has 2 aliphatic rings. The average Bonchev–Trinajstić information content (AvgIpc) is 2.99. The highest BCUT2D eigenvalue weighted by Gasteiger charge is 2.67. The highest BCUT2D eigenvalue weighted by molar-refractivity contribution is 6.03. The maximum Gasteiger partial charge on any atom is 0.324 e.